The Hall–Kier alpha value is -2.21. The molecule has 0 aliphatic rings. The second-order valence-corrected chi connectivity index (χ2v) is 6.77. The molecule has 2 rings (SSSR count). The molecule has 122 valence electrons. The van der Waals surface area contributed by atoms with Crippen LogP contribution in [0.4, 0.5) is 0 Å². The maximum atomic E-state index is 12.8. The predicted octanol–water partition coefficient (Wildman–Crippen LogP) is 2.95. The van der Waals surface area contributed by atoms with E-state index in [2.05, 4.69) is 4.98 Å². The monoisotopic (exact) mass is 331 g/mol. The van der Waals surface area contributed by atoms with Gasteiger partial charge < -0.3 is 10.6 Å². The molecule has 0 fully saturated rings. The fourth-order valence-electron chi connectivity index (χ4n) is 2.54. The number of benzene rings is 1. The predicted molar refractivity (Wildman–Crippen MR) is 91.7 cm³/mol. The zero-order chi connectivity index (χ0) is 17.1. The summed E-state index contributed by atoms with van der Waals surface area (Å²) in [5.41, 5.74) is 8.03. The quantitative estimate of drug-likeness (QED) is 0.915. The summed E-state index contributed by atoms with van der Waals surface area (Å²) in [6.45, 7) is 6.26. The molecule has 1 heterocycles. The average molecular weight is 331 g/mol. The van der Waals surface area contributed by atoms with Crippen LogP contribution in [0.2, 0.25) is 0 Å². The molecule has 0 spiro atoms. The van der Waals surface area contributed by atoms with Gasteiger partial charge in [-0.15, -0.1) is 11.3 Å². The number of aromatic nitrogens is 1. The summed E-state index contributed by atoms with van der Waals surface area (Å²) in [7, 11) is 1.74. The van der Waals surface area contributed by atoms with Gasteiger partial charge in [0.1, 0.15) is 5.01 Å². The van der Waals surface area contributed by atoms with E-state index >= 15 is 0 Å². The number of nitrogens with two attached hydrogens (primary N) is 1. The molecule has 1 aromatic carbocycles. The molecule has 2 N–H and O–H groups in total. The summed E-state index contributed by atoms with van der Waals surface area (Å²) in [6.07, 6.45) is 0. The number of thiazole rings is 1. The lowest BCUT2D eigenvalue weighted by Crippen LogP contribution is -2.28. The molecule has 1 aromatic heterocycles. The number of primary amides is 1. The van der Waals surface area contributed by atoms with Crippen LogP contribution >= 0.6 is 11.3 Å². The van der Waals surface area contributed by atoms with Gasteiger partial charge in [0, 0.05) is 29.2 Å². The van der Waals surface area contributed by atoms with Crippen LogP contribution in [-0.2, 0) is 6.54 Å². The van der Waals surface area contributed by atoms with E-state index in [-0.39, 0.29) is 11.8 Å². The first-order chi connectivity index (χ1) is 10.8. The maximum absolute atomic E-state index is 12.8. The first-order valence-corrected chi connectivity index (χ1v) is 8.28. The van der Waals surface area contributed by atoms with Crippen molar-refractivity contribution in [3.05, 3.63) is 51.0 Å². The topological polar surface area (TPSA) is 76.3 Å². The summed E-state index contributed by atoms with van der Waals surface area (Å²) in [5.74, 6) is -0.626. The molecular weight excluding hydrogens is 310 g/mol. The van der Waals surface area contributed by atoms with Gasteiger partial charge in [0.2, 0.25) is 5.91 Å². The Kier molecular flexibility index (Phi) is 5.15. The number of amides is 2. The molecule has 23 heavy (non-hydrogen) atoms. The molecular formula is C17H21N3O2S. The lowest BCUT2D eigenvalue weighted by Gasteiger charge is -2.21. The van der Waals surface area contributed by atoms with Crippen LogP contribution in [0.5, 0.6) is 0 Å². The molecule has 0 unspecified atom stereocenters. The van der Waals surface area contributed by atoms with E-state index in [0.717, 1.165) is 10.7 Å². The van der Waals surface area contributed by atoms with Crippen LogP contribution in [0.25, 0.3) is 0 Å². The van der Waals surface area contributed by atoms with Gasteiger partial charge in [-0.1, -0.05) is 19.9 Å². The van der Waals surface area contributed by atoms with Crippen LogP contribution in [0.3, 0.4) is 0 Å². The van der Waals surface area contributed by atoms with Gasteiger partial charge in [0.25, 0.3) is 5.91 Å². The molecule has 2 amide bonds. The van der Waals surface area contributed by atoms with Crippen LogP contribution < -0.4 is 5.73 Å². The summed E-state index contributed by atoms with van der Waals surface area (Å²) in [6, 6.07) is 5.10. The van der Waals surface area contributed by atoms with Crippen LogP contribution in [0, 0.1) is 6.92 Å². The average Bonchev–Trinajstić information content (AvgIpc) is 2.90. The Labute approximate surface area is 140 Å². The van der Waals surface area contributed by atoms with Gasteiger partial charge in [0.05, 0.1) is 6.54 Å². The Morgan fingerprint density at radius 3 is 2.48 bits per heavy atom. The van der Waals surface area contributed by atoms with E-state index in [0.29, 0.717) is 23.2 Å². The molecule has 0 saturated carbocycles. The van der Waals surface area contributed by atoms with E-state index in [1.807, 2.05) is 26.2 Å². The third kappa shape index (κ3) is 3.76. The molecule has 0 atom stereocenters. The molecule has 2 aromatic rings. The highest BCUT2D eigenvalue weighted by molar-refractivity contribution is 7.09. The Balaban J connectivity index is 2.34. The Morgan fingerprint density at radius 1 is 1.30 bits per heavy atom. The first-order valence-electron chi connectivity index (χ1n) is 7.40. The van der Waals surface area contributed by atoms with Crippen molar-refractivity contribution in [1.82, 2.24) is 9.88 Å². The van der Waals surface area contributed by atoms with Crippen molar-refractivity contribution in [2.24, 2.45) is 5.73 Å². The second kappa shape index (κ2) is 6.91. The largest absolute Gasteiger partial charge is 0.366 e. The van der Waals surface area contributed by atoms with Gasteiger partial charge >= 0.3 is 0 Å². The zero-order valence-corrected chi connectivity index (χ0v) is 14.6. The normalized spacial score (nSPS) is 10.8. The summed E-state index contributed by atoms with van der Waals surface area (Å²) >= 11 is 1.53. The molecule has 0 aliphatic heterocycles. The molecule has 0 radical (unpaired) electrons. The lowest BCUT2D eigenvalue weighted by atomic mass is 9.91. The fraction of sp³-hybridized carbons (Fsp3) is 0.353. The van der Waals surface area contributed by atoms with E-state index in [4.69, 9.17) is 5.73 Å². The minimum absolute atomic E-state index is 0.0214. The highest BCUT2D eigenvalue weighted by Crippen LogP contribution is 2.25. The van der Waals surface area contributed by atoms with Crippen LogP contribution in [-0.4, -0.2) is 28.7 Å². The number of nitrogens with zero attached hydrogens (tertiary/aromatic N) is 2. The minimum atomic E-state index is -0.512. The van der Waals surface area contributed by atoms with Gasteiger partial charge in [-0.05, 0) is 30.5 Å². The number of carbonyl (C=O) groups is 2. The summed E-state index contributed by atoms with van der Waals surface area (Å²) in [5, 5.41) is 2.84. The van der Waals surface area contributed by atoms with Gasteiger partial charge in [-0.3, -0.25) is 9.59 Å². The highest BCUT2D eigenvalue weighted by atomic mass is 32.1. The first kappa shape index (κ1) is 17.1. The minimum Gasteiger partial charge on any atom is -0.366 e. The molecule has 0 aliphatic carbocycles. The molecule has 6 heteroatoms. The third-order valence-corrected chi connectivity index (χ3v) is 4.52. The van der Waals surface area contributed by atoms with Crippen molar-refractivity contribution in [2.75, 3.05) is 7.05 Å². The number of aryl methyl sites for hydroxylation is 1. The third-order valence-electron chi connectivity index (χ3n) is 3.57. The summed E-state index contributed by atoms with van der Waals surface area (Å²) < 4.78 is 0. The van der Waals surface area contributed by atoms with E-state index in [1.165, 1.54) is 11.3 Å². The van der Waals surface area contributed by atoms with Crippen molar-refractivity contribution in [1.29, 1.82) is 0 Å². The van der Waals surface area contributed by atoms with Crippen LogP contribution in [0.1, 0.15) is 56.7 Å². The zero-order valence-electron chi connectivity index (χ0n) is 13.8. The van der Waals surface area contributed by atoms with E-state index in [1.54, 1.807) is 30.1 Å². The number of carbonyl (C=O) groups excluding carboxylic acids is 2. The number of rotatable bonds is 5. The van der Waals surface area contributed by atoms with Gasteiger partial charge in [-0.2, -0.15) is 0 Å². The molecule has 0 saturated heterocycles. The molecule has 5 nitrogen and oxygen atoms in total. The van der Waals surface area contributed by atoms with Crippen LogP contribution in [0.15, 0.2) is 23.6 Å². The Morgan fingerprint density at radius 2 is 1.96 bits per heavy atom. The van der Waals surface area contributed by atoms with E-state index in [9.17, 15) is 9.59 Å². The van der Waals surface area contributed by atoms with Crippen molar-refractivity contribution in [3.8, 4) is 0 Å². The van der Waals surface area contributed by atoms with E-state index < -0.39 is 5.91 Å². The van der Waals surface area contributed by atoms with Gasteiger partial charge in [0.15, 0.2) is 0 Å². The second-order valence-electron chi connectivity index (χ2n) is 5.83. The van der Waals surface area contributed by atoms with Crippen molar-refractivity contribution in [2.45, 2.75) is 33.2 Å². The SMILES string of the molecule is Cc1csc(CN(C)C(=O)c2cccc(C(N)=O)c2C(C)C)n1. The lowest BCUT2D eigenvalue weighted by molar-refractivity contribution is 0.0783. The molecule has 0 bridgehead atoms. The number of hydrogen-bond donors (Lipinski definition) is 1. The van der Waals surface area contributed by atoms with Crippen molar-refractivity contribution >= 4 is 23.2 Å². The standard InChI is InChI=1S/C17H21N3O2S/c1-10(2)15-12(16(18)21)6-5-7-13(15)17(22)20(4)8-14-19-11(3)9-23-14/h5-7,9-10H,8H2,1-4H3,(H2,18,21). The van der Waals surface area contributed by atoms with Gasteiger partial charge in [-0.25, -0.2) is 4.98 Å². The van der Waals surface area contributed by atoms with Crippen molar-refractivity contribution < 1.29 is 9.59 Å². The Bertz CT molecular complexity index is 737. The smallest absolute Gasteiger partial charge is 0.254 e. The fourth-order valence-corrected chi connectivity index (χ4v) is 3.37. The van der Waals surface area contributed by atoms with Crippen molar-refractivity contribution in [3.63, 3.8) is 0 Å². The maximum Gasteiger partial charge on any atom is 0.254 e. The highest BCUT2D eigenvalue weighted by Gasteiger charge is 2.22. The summed E-state index contributed by atoms with van der Waals surface area (Å²) in [4.78, 5) is 30.5. The number of hydrogen-bond acceptors (Lipinski definition) is 4.